The summed E-state index contributed by atoms with van der Waals surface area (Å²) in [6, 6.07) is 0. The van der Waals surface area contributed by atoms with Crippen molar-refractivity contribution in [2.45, 2.75) is 20.0 Å². The maximum absolute atomic E-state index is 9.98. The van der Waals surface area contributed by atoms with Gasteiger partial charge in [0.25, 0.3) is 0 Å². The Morgan fingerprint density at radius 2 is 2.00 bits per heavy atom. The van der Waals surface area contributed by atoms with E-state index < -0.39 is 25.8 Å². The molecule has 7 heteroatoms. The molecular formula is C7H16NO5P. The molecule has 14 heavy (non-hydrogen) atoms. The first kappa shape index (κ1) is 15.8. The van der Waals surface area contributed by atoms with Crippen molar-refractivity contribution in [2.75, 3.05) is 6.16 Å². The SMILES string of the molecule is CC(O)CP(=O)(O)O.CC=CC(N)=O. The Labute approximate surface area is 82.6 Å². The topological polar surface area (TPSA) is 121 Å². The second-order valence-electron chi connectivity index (χ2n) is 2.60. The van der Waals surface area contributed by atoms with Crippen LogP contribution in [0.2, 0.25) is 0 Å². The molecule has 0 aliphatic carbocycles. The molecule has 0 aliphatic rings. The Kier molecular flexibility index (Phi) is 8.68. The van der Waals surface area contributed by atoms with E-state index in [0.717, 1.165) is 0 Å². The molecule has 0 radical (unpaired) electrons. The number of carbonyl (C=O) groups excluding carboxylic acids is 1. The van der Waals surface area contributed by atoms with Crippen molar-refractivity contribution in [3.8, 4) is 0 Å². The molecule has 0 aromatic heterocycles. The van der Waals surface area contributed by atoms with Gasteiger partial charge < -0.3 is 20.6 Å². The van der Waals surface area contributed by atoms with E-state index >= 15 is 0 Å². The van der Waals surface area contributed by atoms with Gasteiger partial charge in [-0.3, -0.25) is 9.36 Å². The van der Waals surface area contributed by atoms with E-state index in [1.165, 1.54) is 13.0 Å². The first-order chi connectivity index (χ1) is 6.19. The Balaban J connectivity index is 0. The summed E-state index contributed by atoms with van der Waals surface area (Å²) < 4.78 is 9.98. The number of primary amides is 1. The number of aliphatic hydroxyl groups is 1. The minimum Gasteiger partial charge on any atom is -0.393 e. The lowest BCUT2D eigenvalue weighted by atomic mass is 10.5. The molecule has 0 saturated carbocycles. The molecule has 0 rings (SSSR count). The van der Waals surface area contributed by atoms with Crippen LogP contribution in [0.4, 0.5) is 0 Å². The van der Waals surface area contributed by atoms with Gasteiger partial charge in [-0.15, -0.1) is 0 Å². The van der Waals surface area contributed by atoms with Gasteiger partial charge in [-0.2, -0.15) is 0 Å². The van der Waals surface area contributed by atoms with Crippen LogP contribution in [0.15, 0.2) is 12.2 Å². The number of aliphatic hydroxyl groups excluding tert-OH is 1. The van der Waals surface area contributed by atoms with Gasteiger partial charge in [0, 0.05) is 0 Å². The number of nitrogens with two attached hydrogens (primary N) is 1. The van der Waals surface area contributed by atoms with Gasteiger partial charge >= 0.3 is 7.60 Å². The van der Waals surface area contributed by atoms with Crippen LogP contribution in [0.3, 0.4) is 0 Å². The number of hydrogen-bond acceptors (Lipinski definition) is 3. The summed E-state index contributed by atoms with van der Waals surface area (Å²) in [6.45, 7) is 3.07. The second-order valence-corrected chi connectivity index (χ2v) is 4.29. The first-order valence-corrected chi connectivity index (χ1v) is 5.63. The van der Waals surface area contributed by atoms with Crippen molar-refractivity contribution < 1.29 is 24.3 Å². The lowest BCUT2D eigenvalue weighted by molar-refractivity contribution is -0.113. The van der Waals surface area contributed by atoms with E-state index in [4.69, 9.17) is 14.9 Å². The fraction of sp³-hybridized carbons (Fsp3) is 0.571. The third-order valence-corrected chi connectivity index (χ3v) is 1.84. The summed E-state index contributed by atoms with van der Waals surface area (Å²) in [7, 11) is -3.97. The van der Waals surface area contributed by atoms with Crippen molar-refractivity contribution in [3.63, 3.8) is 0 Å². The maximum atomic E-state index is 9.98. The third-order valence-electron chi connectivity index (χ3n) is 0.833. The molecule has 1 unspecified atom stereocenters. The zero-order valence-electron chi connectivity index (χ0n) is 8.12. The van der Waals surface area contributed by atoms with Gasteiger partial charge in [-0.25, -0.2) is 0 Å². The molecular weight excluding hydrogens is 209 g/mol. The van der Waals surface area contributed by atoms with E-state index in [9.17, 15) is 9.36 Å². The smallest absolute Gasteiger partial charge is 0.328 e. The Bertz CT molecular complexity index is 232. The number of allylic oxidation sites excluding steroid dienone is 1. The van der Waals surface area contributed by atoms with Crippen molar-refractivity contribution in [1.29, 1.82) is 0 Å². The average molecular weight is 225 g/mol. The minimum atomic E-state index is -3.97. The third kappa shape index (κ3) is 22.5. The second kappa shape index (κ2) is 7.70. The van der Waals surface area contributed by atoms with Crippen molar-refractivity contribution >= 4 is 13.5 Å². The summed E-state index contributed by atoms with van der Waals surface area (Å²) in [6.07, 6.45) is 1.53. The molecule has 1 atom stereocenters. The summed E-state index contributed by atoms with van der Waals surface area (Å²) in [5, 5.41) is 8.40. The Morgan fingerprint density at radius 1 is 1.57 bits per heavy atom. The first-order valence-electron chi connectivity index (χ1n) is 3.83. The molecule has 0 aliphatic heterocycles. The van der Waals surface area contributed by atoms with E-state index in [-0.39, 0.29) is 0 Å². The fourth-order valence-corrected chi connectivity index (χ4v) is 1.20. The van der Waals surface area contributed by atoms with Crippen molar-refractivity contribution in [3.05, 3.63) is 12.2 Å². The molecule has 0 heterocycles. The number of carbonyl (C=O) groups is 1. The predicted octanol–water partition coefficient (Wildman–Crippen LogP) is -0.407. The molecule has 84 valence electrons. The molecule has 0 aromatic carbocycles. The highest BCUT2D eigenvalue weighted by atomic mass is 31.2. The molecule has 0 fully saturated rings. The highest BCUT2D eigenvalue weighted by Gasteiger charge is 2.15. The number of rotatable bonds is 3. The highest BCUT2D eigenvalue weighted by Crippen LogP contribution is 2.34. The summed E-state index contributed by atoms with van der Waals surface area (Å²) in [5.74, 6) is -0.391. The van der Waals surface area contributed by atoms with Crippen LogP contribution in [-0.2, 0) is 9.36 Å². The van der Waals surface area contributed by atoms with Gasteiger partial charge in [-0.05, 0) is 19.9 Å². The van der Waals surface area contributed by atoms with Crippen LogP contribution in [0.25, 0.3) is 0 Å². The largest absolute Gasteiger partial charge is 0.393 e. The van der Waals surface area contributed by atoms with Gasteiger partial charge in [0.15, 0.2) is 0 Å². The van der Waals surface area contributed by atoms with Crippen LogP contribution in [0.1, 0.15) is 13.8 Å². The summed E-state index contributed by atoms with van der Waals surface area (Å²) >= 11 is 0. The van der Waals surface area contributed by atoms with E-state index in [1.807, 2.05) is 0 Å². The predicted molar refractivity (Wildman–Crippen MR) is 52.6 cm³/mol. The average Bonchev–Trinajstić information content (AvgIpc) is 1.80. The van der Waals surface area contributed by atoms with Gasteiger partial charge in [0.05, 0.1) is 12.3 Å². The molecule has 1 amide bonds. The minimum absolute atomic E-state index is 0.391. The maximum Gasteiger partial charge on any atom is 0.328 e. The van der Waals surface area contributed by atoms with Crippen LogP contribution in [0.5, 0.6) is 0 Å². The fourth-order valence-electron chi connectivity index (χ4n) is 0.508. The summed E-state index contributed by atoms with van der Waals surface area (Å²) in [4.78, 5) is 26.0. The quantitative estimate of drug-likeness (QED) is 0.384. The van der Waals surface area contributed by atoms with Crippen LogP contribution >= 0.6 is 7.60 Å². The normalized spacial score (nSPS) is 13.2. The summed E-state index contributed by atoms with van der Waals surface area (Å²) in [5.41, 5.74) is 4.68. The van der Waals surface area contributed by atoms with Gasteiger partial charge in [0.2, 0.25) is 5.91 Å². The molecule has 0 bridgehead atoms. The lowest BCUT2D eigenvalue weighted by Gasteiger charge is -2.03. The number of amides is 1. The molecule has 0 aromatic rings. The molecule has 0 spiro atoms. The molecule has 0 saturated heterocycles. The van der Waals surface area contributed by atoms with Crippen LogP contribution in [0, 0.1) is 0 Å². The standard InChI is InChI=1S/C4H7NO.C3H9O4P/c1-2-3-4(5)6;1-3(4)2-8(5,6)7/h2-3H,1H3,(H2,5,6);3-4H,2H2,1H3,(H2,5,6,7). The molecule has 6 nitrogen and oxygen atoms in total. The van der Waals surface area contributed by atoms with E-state index in [2.05, 4.69) is 5.73 Å². The van der Waals surface area contributed by atoms with Crippen LogP contribution < -0.4 is 5.73 Å². The van der Waals surface area contributed by atoms with Crippen molar-refractivity contribution in [2.24, 2.45) is 5.73 Å². The monoisotopic (exact) mass is 225 g/mol. The van der Waals surface area contributed by atoms with Gasteiger partial charge in [-0.1, -0.05) is 6.08 Å². The van der Waals surface area contributed by atoms with E-state index in [1.54, 1.807) is 13.0 Å². The number of hydrogen-bond donors (Lipinski definition) is 4. The highest BCUT2D eigenvalue weighted by molar-refractivity contribution is 7.51. The van der Waals surface area contributed by atoms with Crippen molar-refractivity contribution in [1.82, 2.24) is 0 Å². The van der Waals surface area contributed by atoms with Crippen LogP contribution in [-0.4, -0.2) is 33.1 Å². The Hall–Kier alpha value is -0.680. The lowest BCUT2D eigenvalue weighted by Crippen LogP contribution is -2.06. The van der Waals surface area contributed by atoms with E-state index in [0.29, 0.717) is 0 Å². The van der Waals surface area contributed by atoms with Gasteiger partial charge in [0.1, 0.15) is 0 Å². The Morgan fingerprint density at radius 3 is 2.00 bits per heavy atom. The zero-order chi connectivity index (χ0) is 11.8. The molecule has 5 N–H and O–H groups in total. The zero-order valence-corrected chi connectivity index (χ0v) is 9.02.